The van der Waals surface area contributed by atoms with Gasteiger partial charge in [0.1, 0.15) is 11.6 Å². The normalized spacial score (nSPS) is 23.4. The van der Waals surface area contributed by atoms with Gasteiger partial charge in [0.25, 0.3) is 0 Å². The van der Waals surface area contributed by atoms with Crippen LogP contribution in [0.4, 0.5) is 17.6 Å². The fourth-order valence-electron chi connectivity index (χ4n) is 4.47. The van der Waals surface area contributed by atoms with Gasteiger partial charge in [-0.3, -0.25) is 4.90 Å². The molecular weight excluding hydrogens is 400 g/mol. The van der Waals surface area contributed by atoms with E-state index < -0.39 is 17.6 Å². The van der Waals surface area contributed by atoms with Crippen LogP contribution in [0.1, 0.15) is 56.5 Å². The Labute approximate surface area is 173 Å². The van der Waals surface area contributed by atoms with E-state index in [1.54, 1.807) is 0 Å². The standard InChI is InChI=1S/C21H26F4N4O/c1-13(2)29-20(15-3-5-16(11-15)28-7-9-30-10-8-28)26-19(27-29)14-4-6-17(18(22)12-14)21(23,24)25/h4,6,12-13,15-16H,3,5,7-11H2,1-2H3/t15-,16+/m1/s1. The van der Waals surface area contributed by atoms with Crippen molar-refractivity contribution in [3.05, 3.63) is 35.4 Å². The van der Waals surface area contributed by atoms with Crippen molar-refractivity contribution < 1.29 is 22.3 Å². The van der Waals surface area contributed by atoms with Crippen LogP contribution in [0.15, 0.2) is 18.2 Å². The van der Waals surface area contributed by atoms with E-state index in [0.717, 1.165) is 63.5 Å². The number of halogens is 4. The van der Waals surface area contributed by atoms with Gasteiger partial charge in [-0.05, 0) is 45.2 Å². The Balaban J connectivity index is 1.59. The number of aromatic nitrogens is 3. The third-order valence-electron chi connectivity index (χ3n) is 6.01. The lowest BCUT2D eigenvalue weighted by Gasteiger charge is -2.32. The molecule has 2 aliphatic rings. The molecule has 30 heavy (non-hydrogen) atoms. The number of ether oxygens (including phenoxy) is 1. The van der Waals surface area contributed by atoms with E-state index in [-0.39, 0.29) is 23.3 Å². The lowest BCUT2D eigenvalue weighted by atomic mass is 10.1. The SMILES string of the molecule is CC(C)n1nc(-c2ccc(C(F)(F)F)c(F)c2)nc1[C@@H]1CC[C@H](N2CCOCC2)C1. The maximum absolute atomic E-state index is 14.1. The van der Waals surface area contributed by atoms with Gasteiger partial charge in [0.05, 0.1) is 18.8 Å². The largest absolute Gasteiger partial charge is 0.419 e. The van der Waals surface area contributed by atoms with Crippen molar-refractivity contribution in [2.24, 2.45) is 0 Å². The molecular formula is C21H26F4N4O. The number of alkyl halides is 3. The molecule has 4 rings (SSSR count). The fraction of sp³-hybridized carbons (Fsp3) is 0.619. The average Bonchev–Trinajstić information content (AvgIpc) is 3.35. The zero-order valence-electron chi connectivity index (χ0n) is 17.1. The Hall–Kier alpha value is -2.00. The number of morpholine rings is 1. The van der Waals surface area contributed by atoms with Gasteiger partial charge < -0.3 is 4.74 Å². The number of nitrogens with zero attached hydrogens (tertiary/aromatic N) is 4. The quantitative estimate of drug-likeness (QED) is 0.668. The van der Waals surface area contributed by atoms with Crippen molar-refractivity contribution in [2.75, 3.05) is 26.3 Å². The first kappa shape index (κ1) is 21.2. The zero-order chi connectivity index (χ0) is 21.5. The van der Waals surface area contributed by atoms with Crippen molar-refractivity contribution in [3.63, 3.8) is 0 Å². The number of hydrogen-bond acceptors (Lipinski definition) is 4. The summed E-state index contributed by atoms with van der Waals surface area (Å²) in [6, 6.07) is 3.38. The molecule has 1 aromatic carbocycles. The molecule has 0 N–H and O–H groups in total. The van der Waals surface area contributed by atoms with E-state index in [1.165, 1.54) is 6.07 Å². The summed E-state index contributed by atoms with van der Waals surface area (Å²) in [5.74, 6) is 0.00805. The molecule has 1 aliphatic heterocycles. The van der Waals surface area contributed by atoms with Gasteiger partial charge in [0.15, 0.2) is 5.82 Å². The van der Waals surface area contributed by atoms with Crippen LogP contribution in [-0.2, 0) is 10.9 Å². The van der Waals surface area contributed by atoms with Crippen molar-refractivity contribution in [2.45, 2.75) is 57.3 Å². The van der Waals surface area contributed by atoms with E-state index in [1.807, 2.05) is 18.5 Å². The number of hydrogen-bond donors (Lipinski definition) is 0. The number of rotatable bonds is 4. The van der Waals surface area contributed by atoms with Gasteiger partial charge >= 0.3 is 6.18 Å². The van der Waals surface area contributed by atoms with Crippen LogP contribution < -0.4 is 0 Å². The first-order chi connectivity index (χ1) is 14.2. The van der Waals surface area contributed by atoms with Gasteiger partial charge in [-0.15, -0.1) is 0 Å². The Morgan fingerprint density at radius 2 is 1.87 bits per heavy atom. The maximum atomic E-state index is 14.1. The summed E-state index contributed by atoms with van der Waals surface area (Å²) in [7, 11) is 0. The van der Waals surface area contributed by atoms with Crippen molar-refractivity contribution in [1.29, 1.82) is 0 Å². The predicted molar refractivity (Wildman–Crippen MR) is 104 cm³/mol. The molecule has 2 aromatic rings. The summed E-state index contributed by atoms with van der Waals surface area (Å²) in [6.45, 7) is 7.36. The van der Waals surface area contributed by atoms with Crippen molar-refractivity contribution in [3.8, 4) is 11.4 Å². The summed E-state index contributed by atoms with van der Waals surface area (Å²) < 4.78 is 59.9. The number of benzene rings is 1. The van der Waals surface area contributed by atoms with Crippen LogP contribution in [0, 0.1) is 5.82 Å². The summed E-state index contributed by atoms with van der Waals surface area (Å²) in [5, 5.41) is 4.52. The molecule has 2 fully saturated rings. The van der Waals surface area contributed by atoms with Crippen LogP contribution >= 0.6 is 0 Å². The van der Waals surface area contributed by atoms with Crippen molar-refractivity contribution >= 4 is 0 Å². The molecule has 0 bridgehead atoms. The van der Waals surface area contributed by atoms with E-state index in [0.29, 0.717) is 6.04 Å². The van der Waals surface area contributed by atoms with Crippen LogP contribution in [0.3, 0.4) is 0 Å². The smallest absolute Gasteiger partial charge is 0.379 e. The Morgan fingerprint density at radius 1 is 1.13 bits per heavy atom. The lowest BCUT2D eigenvalue weighted by molar-refractivity contribution is -0.139. The van der Waals surface area contributed by atoms with E-state index in [2.05, 4.69) is 15.0 Å². The van der Waals surface area contributed by atoms with E-state index in [9.17, 15) is 17.6 Å². The average molecular weight is 426 g/mol. The molecule has 0 spiro atoms. The molecule has 1 aliphatic carbocycles. The molecule has 1 saturated heterocycles. The van der Waals surface area contributed by atoms with Gasteiger partial charge in [-0.1, -0.05) is 6.07 Å². The molecule has 5 nitrogen and oxygen atoms in total. The summed E-state index contributed by atoms with van der Waals surface area (Å²) in [6.07, 6.45) is -1.71. The Kier molecular flexibility index (Phi) is 5.85. The second kappa shape index (κ2) is 8.26. The van der Waals surface area contributed by atoms with E-state index >= 15 is 0 Å². The van der Waals surface area contributed by atoms with E-state index in [4.69, 9.17) is 4.74 Å². The van der Waals surface area contributed by atoms with Crippen LogP contribution in [0.2, 0.25) is 0 Å². The zero-order valence-corrected chi connectivity index (χ0v) is 17.1. The predicted octanol–water partition coefficient (Wildman–Crippen LogP) is 4.65. The topological polar surface area (TPSA) is 43.2 Å². The summed E-state index contributed by atoms with van der Waals surface area (Å²) in [5.41, 5.74) is -1.03. The van der Waals surface area contributed by atoms with Gasteiger partial charge in [0, 0.05) is 36.7 Å². The second-order valence-corrected chi connectivity index (χ2v) is 8.34. The molecule has 1 saturated carbocycles. The van der Waals surface area contributed by atoms with Gasteiger partial charge in [-0.2, -0.15) is 18.3 Å². The highest BCUT2D eigenvalue weighted by atomic mass is 19.4. The minimum atomic E-state index is -4.73. The monoisotopic (exact) mass is 426 g/mol. The molecule has 1 aromatic heterocycles. The molecule has 2 heterocycles. The highest BCUT2D eigenvalue weighted by molar-refractivity contribution is 5.56. The molecule has 0 radical (unpaired) electrons. The first-order valence-electron chi connectivity index (χ1n) is 10.4. The van der Waals surface area contributed by atoms with Crippen LogP contribution in [0.5, 0.6) is 0 Å². The van der Waals surface area contributed by atoms with Crippen LogP contribution in [0.25, 0.3) is 11.4 Å². The third-order valence-corrected chi connectivity index (χ3v) is 6.01. The minimum Gasteiger partial charge on any atom is -0.379 e. The third kappa shape index (κ3) is 4.23. The molecule has 164 valence electrons. The second-order valence-electron chi connectivity index (χ2n) is 8.34. The lowest BCUT2D eigenvalue weighted by Crippen LogP contribution is -2.42. The summed E-state index contributed by atoms with van der Waals surface area (Å²) >= 11 is 0. The molecule has 2 atom stereocenters. The Morgan fingerprint density at radius 3 is 2.50 bits per heavy atom. The Bertz CT molecular complexity index is 890. The molecule has 0 unspecified atom stereocenters. The van der Waals surface area contributed by atoms with Gasteiger partial charge in [0.2, 0.25) is 0 Å². The van der Waals surface area contributed by atoms with Crippen LogP contribution in [-0.4, -0.2) is 52.0 Å². The highest BCUT2D eigenvalue weighted by Crippen LogP contribution is 2.38. The molecule has 9 heteroatoms. The summed E-state index contributed by atoms with van der Waals surface area (Å²) in [4.78, 5) is 7.12. The molecule has 0 amide bonds. The highest BCUT2D eigenvalue weighted by Gasteiger charge is 2.36. The first-order valence-corrected chi connectivity index (χ1v) is 10.4. The maximum Gasteiger partial charge on any atom is 0.419 e. The fourth-order valence-corrected chi connectivity index (χ4v) is 4.47. The van der Waals surface area contributed by atoms with Crippen molar-refractivity contribution in [1.82, 2.24) is 19.7 Å². The minimum absolute atomic E-state index is 0.0444. The van der Waals surface area contributed by atoms with Gasteiger partial charge in [-0.25, -0.2) is 14.1 Å².